The average Bonchev–Trinajstić information content (AvgIpc) is 3.35. The summed E-state index contributed by atoms with van der Waals surface area (Å²) in [4.78, 5) is 25.1. The number of para-hydroxylation sites is 1. The third-order valence-electron chi connectivity index (χ3n) is 5.41. The Morgan fingerprint density at radius 1 is 0.969 bits per heavy atom. The second-order valence-corrected chi connectivity index (χ2v) is 7.69. The second-order valence-electron chi connectivity index (χ2n) is 7.69. The number of amides is 2. The molecule has 0 radical (unpaired) electrons. The van der Waals surface area contributed by atoms with E-state index in [4.69, 9.17) is 9.15 Å². The monoisotopic (exact) mass is 434 g/mol. The number of rotatable bonds is 10. The molecule has 0 aliphatic heterocycles. The van der Waals surface area contributed by atoms with Crippen molar-refractivity contribution in [3.05, 3.63) is 83.8 Å². The predicted molar refractivity (Wildman–Crippen MR) is 125 cm³/mol. The first kappa shape index (κ1) is 23.1. The molecular weight excluding hydrogens is 404 g/mol. The van der Waals surface area contributed by atoms with Gasteiger partial charge in [0, 0.05) is 11.3 Å². The number of benzene rings is 2. The van der Waals surface area contributed by atoms with E-state index in [0.717, 1.165) is 17.7 Å². The third-order valence-corrected chi connectivity index (χ3v) is 5.41. The lowest BCUT2D eigenvalue weighted by Crippen LogP contribution is -2.32. The molecule has 2 N–H and O–H groups in total. The van der Waals surface area contributed by atoms with Crippen LogP contribution in [-0.2, 0) is 11.3 Å². The molecule has 1 heterocycles. The van der Waals surface area contributed by atoms with E-state index in [0.29, 0.717) is 35.9 Å². The van der Waals surface area contributed by atoms with E-state index in [1.54, 1.807) is 42.7 Å². The molecule has 32 heavy (non-hydrogen) atoms. The summed E-state index contributed by atoms with van der Waals surface area (Å²) >= 11 is 0. The SMILES string of the molecule is CCC(Oc1ccccc1C(C)CC)C(=O)Nc1ccc(C(=O)NCc2ccco2)cc1. The van der Waals surface area contributed by atoms with Crippen molar-refractivity contribution in [2.45, 2.75) is 52.2 Å². The van der Waals surface area contributed by atoms with Crippen LogP contribution in [0.5, 0.6) is 5.75 Å². The summed E-state index contributed by atoms with van der Waals surface area (Å²) in [5.74, 6) is 1.34. The average molecular weight is 435 g/mol. The van der Waals surface area contributed by atoms with Gasteiger partial charge in [-0.15, -0.1) is 0 Å². The molecule has 0 bridgehead atoms. The normalized spacial score (nSPS) is 12.6. The number of nitrogens with one attached hydrogen (secondary N) is 2. The molecule has 6 nitrogen and oxygen atoms in total. The molecule has 2 atom stereocenters. The van der Waals surface area contributed by atoms with Crippen LogP contribution in [0.4, 0.5) is 5.69 Å². The maximum atomic E-state index is 12.8. The molecule has 0 saturated heterocycles. The van der Waals surface area contributed by atoms with Gasteiger partial charge in [0.1, 0.15) is 11.5 Å². The van der Waals surface area contributed by atoms with Gasteiger partial charge in [-0.2, -0.15) is 0 Å². The van der Waals surface area contributed by atoms with Crippen molar-refractivity contribution >= 4 is 17.5 Å². The second kappa shape index (κ2) is 11.2. The molecule has 3 rings (SSSR count). The number of hydrogen-bond acceptors (Lipinski definition) is 4. The zero-order valence-electron chi connectivity index (χ0n) is 18.8. The highest BCUT2D eigenvalue weighted by Crippen LogP contribution is 2.29. The Labute approximate surface area is 189 Å². The molecule has 2 unspecified atom stereocenters. The Bertz CT molecular complexity index is 1010. The number of hydrogen-bond donors (Lipinski definition) is 2. The number of carbonyl (C=O) groups is 2. The van der Waals surface area contributed by atoms with Gasteiger partial charge < -0.3 is 19.8 Å². The van der Waals surface area contributed by atoms with Crippen LogP contribution >= 0.6 is 0 Å². The highest BCUT2D eigenvalue weighted by atomic mass is 16.5. The van der Waals surface area contributed by atoms with Crippen LogP contribution in [0, 0.1) is 0 Å². The van der Waals surface area contributed by atoms with E-state index < -0.39 is 6.10 Å². The Kier molecular flexibility index (Phi) is 8.08. The fourth-order valence-electron chi connectivity index (χ4n) is 3.30. The number of furan rings is 1. The zero-order valence-corrected chi connectivity index (χ0v) is 18.8. The van der Waals surface area contributed by atoms with Crippen molar-refractivity contribution in [1.29, 1.82) is 0 Å². The first-order valence-electron chi connectivity index (χ1n) is 11.0. The molecule has 6 heteroatoms. The minimum atomic E-state index is -0.614. The first-order chi connectivity index (χ1) is 15.5. The van der Waals surface area contributed by atoms with Crippen molar-refractivity contribution in [2.24, 2.45) is 0 Å². The Morgan fingerprint density at radius 2 is 1.72 bits per heavy atom. The van der Waals surface area contributed by atoms with E-state index in [-0.39, 0.29) is 11.8 Å². The van der Waals surface area contributed by atoms with Gasteiger partial charge in [-0.1, -0.05) is 39.0 Å². The van der Waals surface area contributed by atoms with Crippen LogP contribution in [0.2, 0.25) is 0 Å². The quantitative estimate of drug-likeness (QED) is 0.440. The molecule has 0 aliphatic rings. The van der Waals surface area contributed by atoms with Gasteiger partial charge in [0.15, 0.2) is 6.10 Å². The molecule has 0 aliphatic carbocycles. The largest absolute Gasteiger partial charge is 0.480 e. The summed E-state index contributed by atoms with van der Waals surface area (Å²) in [6.07, 6.45) is 2.48. The molecule has 1 aromatic heterocycles. The molecule has 0 spiro atoms. The van der Waals surface area contributed by atoms with E-state index in [1.165, 1.54) is 0 Å². The minimum absolute atomic E-state index is 0.212. The summed E-state index contributed by atoms with van der Waals surface area (Å²) in [6, 6.07) is 18.2. The molecule has 168 valence electrons. The van der Waals surface area contributed by atoms with Crippen LogP contribution in [0.3, 0.4) is 0 Å². The predicted octanol–water partition coefficient (Wildman–Crippen LogP) is 5.52. The fraction of sp³-hybridized carbons (Fsp3) is 0.308. The molecular formula is C26H30N2O4. The zero-order chi connectivity index (χ0) is 22.9. The Balaban J connectivity index is 1.60. The standard InChI is InChI=1S/C26H30N2O4/c1-4-18(3)22-10-6-7-11-24(22)32-23(5-2)26(30)28-20-14-12-19(13-15-20)25(29)27-17-21-9-8-16-31-21/h6-16,18,23H,4-5,17H2,1-3H3,(H,27,29)(H,28,30). The summed E-state index contributed by atoms with van der Waals surface area (Å²) in [5, 5.41) is 5.68. The Morgan fingerprint density at radius 3 is 2.38 bits per heavy atom. The number of carbonyl (C=O) groups excluding carboxylic acids is 2. The van der Waals surface area contributed by atoms with Gasteiger partial charge in [0.25, 0.3) is 11.8 Å². The topological polar surface area (TPSA) is 80.6 Å². The molecule has 2 aromatic carbocycles. The number of ether oxygens (including phenoxy) is 1. The molecule has 0 saturated carbocycles. The van der Waals surface area contributed by atoms with Crippen LogP contribution in [0.1, 0.15) is 61.2 Å². The van der Waals surface area contributed by atoms with Crippen molar-refractivity contribution < 1.29 is 18.7 Å². The van der Waals surface area contributed by atoms with E-state index in [9.17, 15) is 9.59 Å². The van der Waals surface area contributed by atoms with Gasteiger partial charge in [-0.25, -0.2) is 0 Å². The van der Waals surface area contributed by atoms with Gasteiger partial charge in [0.05, 0.1) is 12.8 Å². The van der Waals surface area contributed by atoms with E-state index >= 15 is 0 Å². The lowest BCUT2D eigenvalue weighted by Gasteiger charge is -2.21. The van der Waals surface area contributed by atoms with Gasteiger partial charge in [0.2, 0.25) is 0 Å². The minimum Gasteiger partial charge on any atom is -0.480 e. The van der Waals surface area contributed by atoms with Crippen LogP contribution in [0.25, 0.3) is 0 Å². The van der Waals surface area contributed by atoms with Gasteiger partial charge >= 0.3 is 0 Å². The van der Waals surface area contributed by atoms with E-state index in [1.807, 2.05) is 31.2 Å². The van der Waals surface area contributed by atoms with Crippen molar-refractivity contribution in [3.63, 3.8) is 0 Å². The lowest BCUT2D eigenvalue weighted by atomic mass is 9.98. The van der Waals surface area contributed by atoms with Gasteiger partial charge in [-0.05, 0) is 66.8 Å². The molecule has 3 aromatic rings. The van der Waals surface area contributed by atoms with Crippen molar-refractivity contribution in [2.75, 3.05) is 5.32 Å². The maximum absolute atomic E-state index is 12.8. The lowest BCUT2D eigenvalue weighted by molar-refractivity contribution is -0.122. The smallest absolute Gasteiger partial charge is 0.265 e. The van der Waals surface area contributed by atoms with Crippen molar-refractivity contribution in [1.82, 2.24) is 5.32 Å². The summed E-state index contributed by atoms with van der Waals surface area (Å²) in [7, 11) is 0. The molecule has 2 amide bonds. The van der Waals surface area contributed by atoms with Crippen molar-refractivity contribution in [3.8, 4) is 5.75 Å². The van der Waals surface area contributed by atoms with Crippen LogP contribution in [0.15, 0.2) is 71.3 Å². The first-order valence-corrected chi connectivity index (χ1v) is 11.0. The summed E-state index contributed by atoms with van der Waals surface area (Å²) < 4.78 is 11.3. The van der Waals surface area contributed by atoms with Crippen LogP contribution < -0.4 is 15.4 Å². The van der Waals surface area contributed by atoms with Gasteiger partial charge in [-0.3, -0.25) is 9.59 Å². The van der Waals surface area contributed by atoms with E-state index in [2.05, 4.69) is 24.5 Å². The molecule has 0 fully saturated rings. The third kappa shape index (κ3) is 6.00. The fourth-order valence-corrected chi connectivity index (χ4v) is 3.30. The summed E-state index contributed by atoms with van der Waals surface area (Å²) in [5.41, 5.74) is 2.21. The number of anilines is 1. The maximum Gasteiger partial charge on any atom is 0.265 e. The highest BCUT2D eigenvalue weighted by Gasteiger charge is 2.21. The Hall–Kier alpha value is -3.54. The van der Waals surface area contributed by atoms with Crippen LogP contribution in [-0.4, -0.2) is 17.9 Å². The summed E-state index contributed by atoms with van der Waals surface area (Å²) in [6.45, 7) is 6.52. The highest BCUT2D eigenvalue weighted by molar-refractivity contribution is 5.97.